The summed E-state index contributed by atoms with van der Waals surface area (Å²) in [5.74, 6) is 1.75. The van der Waals surface area contributed by atoms with Crippen LogP contribution in [0.25, 0.3) is 11.5 Å². The fraction of sp³-hybridized carbons (Fsp3) is 0.0870. The van der Waals surface area contributed by atoms with Crippen molar-refractivity contribution >= 4 is 11.6 Å². The maximum Gasteiger partial charge on any atom is 0.255 e. The van der Waals surface area contributed by atoms with E-state index in [9.17, 15) is 4.79 Å². The number of hydrogen-bond donors (Lipinski definition) is 1. The maximum absolute atomic E-state index is 12.4. The highest BCUT2D eigenvalue weighted by molar-refractivity contribution is 6.04. The lowest BCUT2D eigenvalue weighted by atomic mass is 10.1. The van der Waals surface area contributed by atoms with Gasteiger partial charge in [-0.05, 0) is 66.2 Å². The lowest BCUT2D eigenvalue weighted by Crippen LogP contribution is -2.11. The summed E-state index contributed by atoms with van der Waals surface area (Å²) >= 11 is 0. The molecule has 0 atom stereocenters. The Labute approximate surface area is 173 Å². The summed E-state index contributed by atoms with van der Waals surface area (Å²) in [4.78, 5) is 12.4. The minimum atomic E-state index is -0.177. The zero-order valence-corrected chi connectivity index (χ0v) is 16.2. The smallest absolute Gasteiger partial charge is 0.255 e. The first kappa shape index (κ1) is 19.2. The molecule has 0 aliphatic carbocycles. The zero-order valence-electron chi connectivity index (χ0n) is 16.2. The lowest BCUT2D eigenvalue weighted by molar-refractivity contribution is 0.102. The molecule has 3 aromatic carbocycles. The van der Waals surface area contributed by atoms with Crippen LogP contribution in [0.4, 0.5) is 5.69 Å². The second-order valence-corrected chi connectivity index (χ2v) is 6.44. The molecule has 4 rings (SSSR count). The van der Waals surface area contributed by atoms with Crippen molar-refractivity contribution in [1.29, 1.82) is 0 Å². The molecule has 1 aromatic heterocycles. The first-order chi connectivity index (χ1) is 14.7. The maximum atomic E-state index is 12.4. The van der Waals surface area contributed by atoms with Gasteiger partial charge in [0, 0.05) is 16.8 Å². The van der Waals surface area contributed by atoms with Crippen molar-refractivity contribution in [1.82, 2.24) is 10.2 Å². The number of carbonyl (C=O) groups is 1. The largest absolute Gasteiger partial charge is 0.497 e. The standard InChI is InChI=1S/C23H19N3O4/c1-28-20-12-8-19(9-13-20)25-22(27)17-4-2-16(3-5-17)14-29-21-10-6-18(7-11-21)23-26-24-15-30-23/h2-13,15H,14H2,1H3,(H,25,27). The highest BCUT2D eigenvalue weighted by Crippen LogP contribution is 2.21. The van der Waals surface area contributed by atoms with Gasteiger partial charge in [-0.15, -0.1) is 10.2 Å². The summed E-state index contributed by atoms with van der Waals surface area (Å²) in [6, 6.07) is 21.9. The van der Waals surface area contributed by atoms with E-state index in [2.05, 4.69) is 15.5 Å². The molecule has 150 valence electrons. The number of hydrogen-bond acceptors (Lipinski definition) is 6. The van der Waals surface area contributed by atoms with Crippen molar-refractivity contribution < 1.29 is 18.7 Å². The molecule has 0 aliphatic heterocycles. The molecule has 1 N–H and O–H groups in total. The Bertz CT molecular complexity index is 1090. The van der Waals surface area contributed by atoms with Crippen LogP contribution in [0.3, 0.4) is 0 Å². The first-order valence-electron chi connectivity index (χ1n) is 9.25. The Morgan fingerprint density at radius 1 is 0.933 bits per heavy atom. The van der Waals surface area contributed by atoms with Crippen LogP contribution < -0.4 is 14.8 Å². The quantitative estimate of drug-likeness (QED) is 0.488. The summed E-state index contributed by atoms with van der Waals surface area (Å²) < 4.78 is 16.1. The van der Waals surface area contributed by atoms with Gasteiger partial charge in [0.15, 0.2) is 0 Å². The lowest BCUT2D eigenvalue weighted by Gasteiger charge is -2.09. The summed E-state index contributed by atoms with van der Waals surface area (Å²) in [7, 11) is 1.60. The van der Waals surface area contributed by atoms with Gasteiger partial charge in [-0.1, -0.05) is 12.1 Å². The minimum Gasteiger partial charge on any atom is -0.497 e. The predicted octanol–water partition coefficient (Wildman–Crippen LogP) is 4.58. The molecule has 0 saturated heterocycles. The molecule has 1 amide bonds. The van der Waals surface area contributed by atoms with Crippen LogP contribution >= 0.6 is 0 Å². The van der Waals surface area contributed by atoms with Gasteiger partial charge in [-0.2, -0.15) is 0 Å². The average molecular weight is 401 g/mol. The molecule has 0 aliphatic rings. The highest BCUT2D eigenvalue weighted by Gasteiger charge is 2.07. The molecule has 1 heterocycles. The molecule has 7 heteroatoms. The summed E-state index contributed by atoms with van der Waals surface area (Å²) in [6.45, 7) is 0.389. The van der Waals surface area contributed by atoms with Gasteiger partial charge in [-0.25, -0.2) is 0 Å². The number of amides is 1. The van der Waals surface area contributed by atoms with Crippen LogP contribution in [0.15, 0.2) is 83.6 Å². The van der Waals surface area contributed by atoms with E-state index in [1.165, 1.54) is 6.39 Å². The van der Waals surface area contributed by atoms with Crippen LogP contribution in [-0.2, 0) is 6.61 Å². The molecular weight excluding hydrogens is 382 g/mol. The molecule has 4 aromatic rings. The summed E-state index contributed by atoms with van der Waals surface area (Å²) in [6.07, 6.45) is 1.29. The number of carbonyl (C=O) groups excluding carboxylic acids is 1. The molecule has 0 radical (unpaired) electrons. The van der Waals surface area contributed by atoms with Crippen LogP contribution in [-0.4, -0.2) is 23.2 Å². The second kappa shape index (κ2) is 8.91. The van der Waals surface area contributed by atoms with E-state index in [4.69, 9.17) is 13.9 Å². The van der Waals surface area contributed by atoms with E-state index in [0.29, 0.717) is 23.7 Å². The van der Waals surface area contributed by atoms with Crippen molar-refractivity contribution in [3.05, 3.63) is 90.3 Å². The van der Waals surface area contributed by atoms with E-state index >= 15 is 0 Å². The molecule has 0 fully saturated rings. The van der Waals surface area contributed by atoms with Gasteiger partial charge >= 0.3 is 0 Å². The third kappa shape index (κ3) is 4.64. The Balaban J connectivity index is 1.32. The highest BCUT2D eigenvalue weighted by atomic mass is 16.5. The molecule has 0 bridgehead atoms. The van der Waals surface area contributed by atoms with Crippen molar-refractivity contribution in [3.63, 3.8) is 0 Å². The number of ether oxygens (including phenoxy) is 2. The van der Waals surface area contributed by atoms with E-state index in [0.717, 1.165) is 22.6 Å². The van der Waals surface area contributed by atoms with Gasteiger partial charge in [-0.3, -0.25) is 4.79 Å². The van der Waals surface area contributed by atoms with Crippen molar-refractivity contribution in [2.45, 2.75) is 6.61 Å². The van der Waals surface area contributed by atoms with Gasteiger partial charge in [0.1, 0.15) is 18.1 Å². The predicted molar refractivity (Wildman–Crippen MR) is 111 cm³/mol. The average Bonchev–Trinajstić information content (AvgIpc) is 3.34. The van der Waals surface area contributed by atoms with E-state index < -0.39 is 0 Å². The number of nitrogens with one attached hydrogen (secondary N) is 1. The number of rotatable bonds is 7. The summed E-state index contributed by atoms with van der Waals surface area (Å²) in [5, 5.41) is 10.4. The van der Waals surface area contributed by atoms with Gasteiger partial charge in [0.05, 0.1) is 7.11 Å². The second-order valence-electron chi connectivity index (χ2n) is 6.44. The van der Waals surface area contributed by atoms with Crippen molar-refractivity contribution in [2.75, 3.05) is 12.4 Å². The normalized spacial score (nSPS) is 10.4. The number of methoxy groups -OCH3 is 1. The minimum absolute atomic E-state index is 0.177. The number of anilines is 1. The third-order valence-corrected chi connectivity index (χ3v) is 4.43. The van der Waals surface area contributed by atoms with Gasteiger partial charge in [0.2, 0.25) is 12.3 Å². The Morgan fingerprint density at radius 2 is 1.63 bits per heavy atom. The Hall–Kier alpha value is -4.13. The third-order valence-electron chi connectivity index (χ3n) is 4.43. The molecular formula is C23H19N3O4. The van der Waals surface area contributed by atoms with Crippen LogP contribution in [0.1, 0.15) is 15.9 Å². The monoisotopic (exact) mass is 401 g/mol. The van der Waals surface area contributed by atoms with Crippen molar-refractivity contribution in [2.24, 2.45) is 0 Å². The van der Waals surface area contributed by atoms with Crippen LogP contribution in [0.2, 0.25) is 0 Å². The fourth-order valence-corrected chi connectivity index (χ4v) is 2.79. The molecule has 0 unspecified atom stereocenters. The molecule has 0 saturated carbocycles. The number of aromatic nitrogens is 2. The molecule has 7 nitrogen and oxygen atoms in total. The van der Waals surface area contributed by atoms with Crippen molar-refractivity contribution in [3.8, 4) is 23.0 Å². The molecule has 30 heavy (non-hydrogen) atoms. The van der Waals surface area contributed by atoms with E-state index in [1.54, 1.807) is 43.5 Å². The first-order valence-corrected chi connectivity index (χ1v) is 9.25. The number of benzene rings is 3. The SMILES string of the molecule is COc1ccc(NC(=O)c2ccc(COc3ccc(-c4nnco4)cc3)cc2)cc1. The number of nitrogens with zero attached hydrogens (tertiary/aromatic N) is 2. The molecule has 0 spiro atoms. The van der Waals surface area contributed by atoms with Crippen LogP contribution in [0, 0.1) is 0 Å². The Kier molecular flexibility index (Phi) is 5.70. The van der Waals surface area contributed by atoms with Gasteiger partial charge < -0.3 is 19.2 Å². The van der Waals surface area contributed by atoms with Gasteiger partial charge in [0.25, 0.3) is 5.91 Å². The topological polar surface area (TPSA) is 86.5 Å². The van der Waals surface area contributed by atoms with E-state index in [1.807, 2.05) is 36.4 Å². The zero-order chi connectivity index (χ0) is 20.8. The van der Waals surface area contributed by atoms with E-state index in [-0.39, 0.29) is 5.91 Å². The fourth-order valence-electron chi connectivity index (χ4n) is 2.79. The summed E-state index contributed by atoms with van der Waals surface area (Å²) in [5.41, 5.74) is 3.06. The van der Waals surface area contributed by atoms with Crippen LogP contribution in [0.5, 0.6) is 11.5 Å². The Morgan fingerprint density at radius 3 is 2.27 bits per heavy atom.